The SMILES string of the molecule is COC(=O)C(OC)c1cccc(C)c1. The van der Waals surface area contributed by atoms with E-state index in [-0.39, 0.29) is 5.97 Å². The summed E-state index contributed by atoms with van der Waals surface area (Å²) in [7, 11) is 2.84. The van der Waals surface area contributed by atoms with Crippen LogP contribution in [-0.4, -0.2) is 20.2 Å². The van der Waals surface area contributed by atoms with Crippen molar-refractivity contribution >= 4 is 5.97 Å². The van der Waals surface area contributed by atoms with Gasteiger partial charge in [0, 0.05) is 7.11 Å². The molecule has 0 saturated carbocycles. The van der Waals surface area contributed by atoms with Crippen molar-refractivity contribution in [2.24, 2.45) is 0 Å². The molecule has 3 nitrogen and oxygen atoms in total. The van der Waals surface area contributed by atoms with Gasteiger partial charge in [-0.3, -0.25) is 0 Å². The first kappa shape index (κ1) is 10.7. The van der Waals surface area contributed by atoms with Gasteiger partial charge in [0.05, 0.1) is 7.11 Å². The van der Waals surface area contributed by atoms with E-state index in [1.807, 2.05) is 31.2 Å². The molecule has 76 valence electrons. The van der Waals surface area contributed by atoms with E-state index in [4.69, 9.17) is 4.74 Å². The second kappa shape index (κ2) is 4.77. The lowest BCUT2D eigenvalue weighted by Gasteiger charge is -2.13. The molecule has 0 N–H and O–H groups in total. The van der Waals surface area contributed by atoms with Gasteiger partial charge in [-0.05, 0) is 12.5 Å². The number of benzene rings is 1. The predicted molar refractivity (Wildman–Crippen MR) is 52.9 cm³/mol. The molecule has 0 aromatic heterocycles. The number of carbonyl (C=O) groups excluding carboxylic acids is 1. The minimum absolute atomic E-state index is 0.377. The predicted octanol–water partition coefficient (Wildman–Crippen LogP) is 1.86. The molecule has 0 heterocycles. The summed E-state index contributed by atoms with van der Waals surface area (Å²) in [6.45, 7) is 1.97. The highest BCUT2D eigenvalue weighted by atomic mass is 16.6. The fraction of sp³-hybridized carbons (Fsp3) is 0.364. The van der Waals surface area contributed by atoms with Gasteiger partial charge < -0.3 is 9.47 Å². The van der Waals surface area contributed by atoms with Crippen molar-refractivity contribution in [3.63, 3.8) is 0 Å². The van der Waals surface area contributed by atoms with E-state index in [1.165, 1.54) is 14.2 Å². The van der Waals surface area contributed by atoms with Crippen LogP contribution in [0.3, 0.4) is 0 Å². The molecule has 0 aliphatic carbocycles. The van der Waals surface area contributed by atoms with Crippen molar-refractivity contribution in [3.8, 4) is 0 Å². The van der Waals surface area contributed by atoms with E-state index in [0.29, 0.717) is 0 Å². The van der Waals surface area contributed by atoms with Gasteiger partial charge in [0.1, 0.15) is 0 Å². The van der Waals surface area contributed by atoms with Crippen molar-refractivity contribution in [2.45, 2.75) is 13.0 Å². The summed E-state index contributed by atoms with van der Waals surface area (Å²) < 4.78 is 9.70. The Morgan fingerprint density at radius 1 is 1.36 bits per heavy atom. The van der Waals surface area contributed by atoms with Crippen LogP contribution < -0.4 is 0 Å². The lowest BCUT2D eigenvalue weighted by atomic mass is 10.1. The molecule has 1 aromatic carbocycles. The fourth-order valence-electron chi connectivity index (χ4n) is 1.31. The second-order valence-corrected chi connectivity index (χ2v) is 3.05. The Kier molecular flexibility index (Phi) is 3.65. The van der Waals surface area contributed by atoms with Crippen LogP contribution in [0, 0.1) is 6.92 Å². The third kappa shape index (κ3) is 2.33. The second-order valence-electron chi connectivity index (χ2n) is 3.05. The molecule has 1 aromatic rings. The summed E-state index contributed by atoms with van der Waals surface area (Å²) in [5.41, 5.74) is 1.91. The van der Waals surface area contributed by atoms with Gasteiger partial charge in [0.2, 0.25) is 0 Å². The molecule has 0 radical (unpaired) electrons. The Balaban J connectivity index is 2.94. The summed E-state index contributed by atoms with van der Waals surface area (Å²) in [5.74, 6) is -0.377. The van der Waals surface area contributed by atoms with E-state index in [9.17, 15) is 4.79 Å². The minimum atomic E-state index is -0.625. The summed E-state index contributed by atoms with van der Waals surface area (Å²) in [6, 6.07) is 7.61. The van der Waals surface area contributed by atoms with Gasteiger partial charge in [-0.15, -0.1) is 0 Å². The molecule has 1 rings (SSSR count). The van der Waals surface area contributed by atoms with E-state index in [1.54, 1.807) is 0 Å². The third-order valence-corrected chi connectivity index (χ3v) is 2.00. The zero-order valence-corrected chi connectivity index (χ0v) is 8.61. The van der Waals surface area contributed by atoms with Crippen molar-refractivity contribution in [3.05, 3.63) is 35.4 Å². The highest BCUT2D eigenvalue weighted by molar-refractivity contribution is 5.76. The Hall–Kier alpha value is -1.35. The Labute approximate surface area is 83.6 Å². The molecule has 0 aliphatic rings. The smallest absolute Gasteiger partial charge is 0.339 e. The summed E-state index contributed by atoms with van der Waals surface area (Å²) >= 11 is 0. The van der Waals surface area contributed by atoms with Crippen LogP contribution in [0.15, 0.2) is 24.3 Å². The van der Waals surface area contributed by atoms with Crippen molar-refractivity contribution < 1.29 is 14.3 Å². The third-order valence-electron chi connectivity index (χ3n) is 2.00. The van der Waals surface area contributed by atoms with Gasteiger partial charge >= 0.3 is 5.97 Å². The number of hydrogen-bond donors (Lipinski definition) is 0. The molecule has 0 spiro atoms. The van der Waals surface area contributed by atoms with Gasteiger partial charge in [-0.25, -0.2) is 4.79 Å². The zero-order valence-electron chi connectivity index (χ0n) is 8.61. The van der Waals surface area contributed by atoms with E-state index in [0.717, 1.165) is 11.1 Å². The van der Waals surface area contributed by atoms with Crippen LogP contribution in [0.1, 0.15) is 17.2 Å². The number of carbonyl (C=O) groups is 1. The zero-order chi connectivity index (χ0) is 10.6. The van der Waals surface area contributed by atoms with Gasteiger partial charge in [-0.1, -0.05) is 29.8 Å². The van der Waals surface area contributed by atoms with Crippen LogP contribution in [0.25, 0.3) is 0 Å². The Bertz CT molecular complexity index is 320. The molecule has 3 heteroatoms. The molecule has 0 aliphatic heterocycles. The molecule has 0 amide bonds. The number of methoxy groups -OCH3 is 2. The summed E-state index contributed by atoms with van der Waals surface area (Å²) in [6.07, 6.45) is -0.625. The molecule has 0 saturated heterocycles. The lowest BCUT2D eigenvalue weighted by Crippen LogP contribution is -2.15. The average Bonchev–Trinajstić information content (AvgIpc) is 2.19. The monoisotopic (exact) mass is 194 g/mol. The first-order valence-corrected chi connectivity index (χ1v) is 4.36. The number of ether oxygens (including phenoxy) is 2. The van der Waals surface area contributed by atoms with Gasteiger partial charge in [0.15, 0.2) is 6.10 Å². The highest BCUT2D eigenvalue weighted by Crippen LogP contribution is 2.18. The molecular formula is C11H14O3. The number of aryl methyl sites for hydroxylation is 1. The summed E-state index contributed by atoms with van der Waals surface area (Å²) in [5, 5.41) is 0. The number of esters is 1. The molecular weight excluding hydrogens is 180 g/mol. The highest BCUT2D eigenvalue weighted by Gasteiger charge is 2.20. The van der Waals surface area contributed by atoms with Crippen LogP contribution in [-0.2, 0) is 14.3 Å². The first-order chi connectivity index (χ1) is 6.69. The number of hydrogen-bond acceptors (Lipinski definition) is 3. The quantitative estimate of drug-likeness (QED) is 0.689. The maximum Gasteiger partial charge on any atom is 0.339 e. The van der Waals surface area contributed by atoms with E-state index < -0.39 is 6.10 Å². The first-order valence-electron chi connectivity index (χ1n) is 4.36. The average molecular weight is 194 g/mol. The van der Waals surface area contributed by atoms with Crippen LogP contribution in [0.2, 0.25) is 0 Å². The fourth-order valence-corrected chi connectivity index (χ4v) is 1.31. The Morgan fingerprint density at radius 2 is 2.07 bits per heavy atom. The molecule has 1 unspecified atom stereocenters. The lowest BCUT2D eigenvalue weighted by molar-refractivity contribution is -0.152. The van der Waals surface area contributed by atoms with Crippen molar-refractivity contribution in [1.82, 2.24) is 0 Å². The summed E-state index contributed by atoms with van der Waals surface area (Å²) in [4.78, 5) is 11.3. The normalized spacial score (nSPS) is 12.2. The molecule has 0 bridgehead atoms. The van der Waals surface area contributed by atoms with Crippen molar-refractivity contribution in [2.75, 3.05) is 14.2 Å². The maximum atomic E-state index is 11.3. The van der Waals surface area contributed by atoms with Crippen molar-refractivity contribution in [1.29, 1.82) is 0 Å². The minimum Gasteiger partial charge on any atom is -0.467 e. The molecule has 14 heavy (non-hydrogen) atoms. The molecule has 1 atom stereocenters. The van der Waals surface area contributed by atoms with Crippen LogP contribution in [0.4, 0.5) is 0 Å². The number of rotatable bonds is 3. The maximum absolute atomic E-state index is 11.3. The Morgan fingerprint density at radius 3 is 2.57 bits per heavy atom. The van der Waals surface area contributed by atoms with E-state index >= 15 is 0 Å². The largest absolute Gasteiger partial charge is 0.467 e. The van der Waals surface area contributed by atoms with Crippen LogP contribution >= 0.6 is 0 Å². The topological polar surface area (TPSA) is 35.5 Å². The standard InChI is InChI=1S/C11H14O3/c1-8-5-4-6-9(7-8)10(13-2)11(12)14-3/h4-7,10H,1-3H3. The van der Waals surface area contributed by atoms with E-state index in [2.05, 4.69) is 4.74 Å². The molecule has 0 fully saturated rings. The van der Waals surface area contributed by atoms with Gasteiger partial charge in [0.25, 0.3) is 0 Å². The van der Waals surface area contributed by atoms with Crippen LogP contribution in [0.5, 0.6) is 0 Å². The van der Waals surface area contributed by atoms with Gasteiger partial charge in [-0.2, -0.15) is 0 Å².